The maximum atomic E-state index is 10.8. The molecule has 1 N–H and O–H groups in total. The number of ketones is 1. The lowest BCUT2D eigenvalue weighted by molar-refractivity contribution is -0.120. The van der Waals surface area contributed by atoms with Gasteiger partial charge >= 0.3 is 6.09 Å². The zero-order chi connectivity index (χ0) is 9.56. The molecule has 0 aromatic heterocycles. The Morgan fingerprint density at radius 2 is 2.00 bits per heavy atom. The maximum absolute atomic E-state index is 10.8. The summed E-state index contributed by atoms with van der Waals surface area (Å²) in [5.74, 6) is -0.165. The number of rotatable bonds is 4. The minimum atomic E-state index is -0.632. The van der Waals surface area contributed by atoms with E-state index < -0.39 is 12.1 Å². The Balaban J connectivity index is 3.95. The van der Waals surface area contributed by atoms with Crippen molar-refractivity contribution in [3.63, 3.8) is 0 Å². The van der Waals surface area contributed by atoms with Gasteiger partial charge in [-0.25, -0.2) is 4.79 Å². The zero-order valence-electron chi connectivity index (χ0n) is 7.42. The molecule has 1 unspecified atom stereocenters. The molecule has 0 aliphatic rings. The Hall–Kier alpha value is -1.10. The van der Waals surface area contributed by atoms with Gasteiger partial charge in [0, 0.05) is 7.11 Å². The molecule has 12 heavy (non-hydrogen) atoms. The summed E-state index contributed by atoms with van der Waals surface area (Å²) in [5.41, 5.74) is 0. The molecule has 0 aromatic carbocycles. The molecule has 70 valence electrons. The van der Waals surface area contributed by atoms with Gasteiger partial charge in [0.2, 0.25) is 0 Å². The molecule has 0 saturated heterocycles. The lowest BCUT2D eigenvalue weighted by atomic mass is 10.2. The van der Waals surface area contributed by atoms with Crippen LogP contribution in [0.15, 0.2) is 0 Å². The monoisotopic (exact) mass is 175 g/mol. The third-order valence-corrected chi connectivity index (χ3v) is 1.30. The van der Waals surface area contributed by atoms with Crippen LogP contribution < -0.4 is 5.32 Å². The molecular formula is C7H13NO4. The van der Waals surface area contributed by atoms with Gasteiger partial charge in [0.15, 0.2) is 5.78 Å². The molecule has 0 spiro atoms. The van der Waals surface area contributed by atoms with Crippen molar-refractivity contribution in [2.75, 3.05) is 20.8 Å². The van der Waals surface area contributed by atoms with E-state index in [0.29, 0.717) is 0 Å². The molecule has 0 saturated carbocycles. The molecule has 0 aromatic rings. The van der Waals surface area contributed by atoms with Gasteiger partial charge in [-0.15, -0.1) is 0 Å². The van der Waals surface area contributed by atoms with Crippen LogP contribution >= 0.6 is 0 Å². The lowest BCUT2D eigenvalue weighted by Crippen LogP contribution is -2.42. The summed E-state index contributed by atoms with van der Waals surface area (Å²) in [6, 6.07) is -0.623. The van der Waals surface area contributed by atoms with Crippen LogP contribution in [0.2, 0.25) is 0 Å². The summed E-state index contributed by atoms with van der Waals surface area (Å²) in [6.07, 6.45) is -0.632. The average Bonchev–Trinajstić information content (AvgIpc) is 2.03. The maximum Gasteiger partial charge on any atom is 0.407 e. The van der Waals surface area contributed by atoms with Crippen molar-refractivity contribution in [1.82, 2.24) is 5.32 Å². The first kappa shape index (κ1) is 10.9. The van der Waals surface area contributed by atoms with E-state index >= 15 is 0 Å². The molecule has 0 rings (SSSR count). The summed E-state index contributed by atoms with van der Waals surface area (Å²) >= 11 is 0. The quantitative estimate of drug-likeness (QED) is 0.650. The Morgan fingerprint density at radius 1 is 1.42 bits per heavy atom. The summed E-state index contributed by atoms with van der Waals surface area (Å²) in [7, 11) is 2.69. The number of amides is 1. The second kappa shape index (κ2) is 5.54. The predicted octanol–water partition coefficient (Wildman–Crippen LogP) is -0.0536. The van der Waals surface area contributed by atoms with Gasteiger partial charge in [0.1, 0.15) is 6.04 Å². The summed E-state index contributed by atoms with van der Waals surface area (Å²) in [6.45, 7) is 1.53. The van der Waals surface area contributed by atoms with E-state index in [9.17, 15) is 9.59 Å². The van der Waals surface area contributed by atoms with Crippen LogP contribution in [0.25, 0.3) is 0 Å². The van der Waals surface area contributed by atoms with E-state index in [2.05, 4.69) is 10.1 Å². The normalized spacial score (nSPS) is 11.9. The van der Waals surface area contributed by atoms with Crippen LogP contribution in [-0.4, -0.2) is 38.7 Å². The van der Waals surface area contributed by atoms with Gasteiger partial charge in [0.05, 0.1) is 13.7 Å². The minimum Gasteiger partial charge on any atom is -0.453 e. The van der Waals surface area contributed by atoms with Gasteiger partial charge in [0.25, 0.3) is 0 Å². The summed E-state index contributed by atoms with van der Waals surface area (Å²) in [4.78, 5) is 21.5. The number of ether oxygens (including phenoxy) is 2. The molecule has 0 heterocycles. The fourth-order valence-electron chi connectivity index (χ4n) is 0.629. The number of methoxy groups -OCH3 is 2. The van der Waals surface area contributed by atoms with Crippen LogP contribution in [0, 0.1) is 0 Å². The molecule has 0 fully saturated rings. The first-order valence-corrected chi connectivity index (χ1v) is 3.45. The Labute approximate surface area is 71.0 Å². The number of hydrogen-bond acceptors (Lipinski definition) is 4. The second-order valence-electron chi connectivity index (χ2n) is 2.25. The van der Waals surface area contributed by atoms with E-state index in [0.717, 1.165) is 0 Å². The number of carbonyl (C=O) groups excluding carboxylic acids is 2. The van der Waals surface area contributed by atoms with Crippen molar-refractivity contribution in [1.29, 1.82) is 0 Å². The Bertz CT molecular complexity index is 167. The van der Waals surface area contributed by atoms with Gasteiger partial charge in [-0.2, -0.15) is 0 Å². The molecule has 0 aliphatic heterocycles. The van der Waals surface area contributed by atoms with Gasteiger partial charge < -0.3 is 14.8 Å². The number of nitrogens with one attached hydrogen (secondary N) is 1. The lowest BCUT2D eigenvalue weighted by Gasteiger charge is -2.13. The predicted molar refractivity (Wildman–Crippen MR) is 41.9 cm³/mol. The molecule has 0 bridgehead atoms. The molecule has 5 nitrogen and oxygen atoms in total. The smallest absolute Gasteiger partial charge is 0.407 e. The zero-order valence-corrected chi connectivity index (χ0v) is 7.42. The number of Topliss-reactive ketones (excluding diaryl/α,β-unsaturated/α-hetero) is 1. The van der Waals surface area contributed by atoms with E-state index in [1.807, 2.05) is 0 Å². The molecule has 0 radical (unpaired) electrons. The van der Waals surface area contributed by atoms with Crippen molar-refractivity contribution in [2.45, 2.75) is 13.0 Å². The van der Waals surface area contributed by atoms with Gasteiger partial charge in [-0.3, -0.25) is 4.79 Å². The van der Waals surface area contributed by atoms with Crippen LogP contribution in [0.3, 0.4) is 0 Å². The third-order valence-electron chi connectivity index (χ3n) is 1.30. The van der Waals surface area contributed by atoms with E-state index in [1.165, 1.54) is 21.1 Å². The van der Waals surface area contributed by atoms with Crippen molar-refractivity contribution < 1.29 is 19.1 Å². The van der Waals surface area contributed by atoms with Crippen LogP contribution in [-0.2, 0) is 14.3 Å². The van der Waals surface area contributed by atoms with Crippen LogP contribution in [0.5, 0.6) is 0 Å². The summed E-state index contributed by atoms with van der Waals surface area (Å²) in [5, 5.41) is 2.33. The fraction of sp³-hybridized carbons (Fsp3) is 0.714. The van der Waals surface area contributed by atoms with Crippen molar-refractivity contribution in [3.05, 3.63) is 0 Å². The third kappa shape index (κ3) is 3.92. The largest absolute Gasteiger partial charge is 0.453 e. The highest BCUT2D eigenvalue weighted by molar-refractivity contribution is 5.85. The van der Waals surface area contributed by atoms with E-state index in [4.69, 9.17) is 4.74 Å². The number of alkyl carbamates (subject to hydrolysis) is 1. The van der Waals surface area contributed by atoms with E-state index in [1.54, 1.807) is 0 Å². The van der Waals surface area contributed by atoms with Gasteiger partial charge in [-0.05, 0) is 6.92 Å². The molecule has 1 amide bonds. The minimum absolute atomic E-state index is 0.157. The molecule has 0 aliphatic carbocycles. The topological polar surface area (TPSA) is 64.6 Å². The van der Waals surface area contributed by atoms with Crippen LogP contribution in [0.4, 0.5) is 4.79 Å². The fourth-order valence-corrected chi connectivity index (χ4v) is 0.629. The molecule has 1 atom stereocenters. The Morgan fingerprint density at radius 3 is 2.33 bits per heavy atom. The van der Waals surface area contributed by atoms with Crippen molar-refractivity contribution >= 4 is 11.9 Å². The first-order chi connectivity index (χ1) is 5.61. The van der Waals surface area contributed by atoms with Crippen molar-refractivity contribution in [2.24, 2.45) is 0 Å². The van der Waals surface area contributed by atoms with Crippen LogP contribution in [0.1, 0.15) is 6.92 Å². The average molecular weight is 175 g/mol. The summed E-state index contributed by atoms with van der Waals surface area (Å²) < 4.78 is 9.04. The van der Waals surface area contributed by atoms with Crippen molar-refractivity contribution in [3.8, 4) is 0 Å². The number of carbonyl (C=O) groups is 2. The second-order valence-corrected chi connectivity index (χ2v) is 2.25. The van der Waals surface area contributed by atoms with E-state index in [-0.39, 0.29) is 12.4 Å². The molecule has 5 heteroatoms. The standard InChI is InChI=1S/C7H13NO4/c1-5(9)6(4-11-2)8-7(10)12-3/h6H,4H2,1-3H3,(H,8,10). The number of hydrogen-bond donors (Lipinski definition) is 1. The molecular weight excluding hydrogens is 162 g/mol. The highest BCUT2D eigenvalue weighted by atomic mass is 16.5. The Kier molecular flexibility index (Phi) is 5.03. The highest BCUT2D eigenvalue weighted by Gasteiger charge is 2.16. The van der Waals surface area contributed by atoms with Gasteiger partial charge in [-0.1, -0.05) is 0 Å². The first-order valence-electron chi connectivity index (χ1n) is 3.45. The highest BCUT2D eigenvalue weighted by Crippen LogP contribution is 1.88. The SMILES string of the molecule is COCC(NC(=O)OC)C(C)=O.